The molecule has 96 valence electrons. The molecular formula is C12H21N3O2. The summed E-state index contributed by atoms with van der Waals surface area (Å²) in [5.41, 5.74) is 0.661. The van der Waals surface area contributed by atoms with Crippen molar-refractivity contribution >= 4 is 5.69 Å². The zero-order chi connectivity index (χ0) is 12.7. The summed E-state index contributed by atoms with van der Waals surface area (Å²) in [5.74, 6) is 0.510. The van der Waals surface area contributed by atoms with Gasteiger partial charge in [-0.1, -0.05) is 13.8 Å². The van der Waals surface area contributed by atoms with Gasteiger partial charge in [0.2, 0.25) is 0 Å². The molecule has 1 heterocycles. The highest BCUT2D eigenvalue weighted by Gasteiger charge is 2.00. The summed E-state index contributed by atoms with van der Waals surface area (Å²) in [7, 11) is 0. The first-order valence-corrected chi connectivity index (χ1v) is 6.02. The Hall–Kier alpha value is -1.36. The number of hydrogen-bond donors (Lipinski definition) is 1. The average molecular weight is 239 g/mol. The van der Waals surface area contributed by atoms with Crippen LogP contribution in [0.15, 0.2) is 17.1 Å². The zero-order valence-corrected chi connectivity index (χ0v) is 10.8. The molecule has 0 amide bonds. The molecular weight excluding hydrogens is 218 g/mol. The molecule has 0 unspecified atom stereocenters. The monoisotopic (exact) mass is 239 g/mol. The first-order valence-electron chi connectivity index (χ1n) is 6.02. The van der Waals surface area contributed by atoms with Gasteiger partial charge in [0.15, 0.2) is 0 Å². The molecule has 0 aromatic carbocycles. The molecule has 0 fully saturated rings. The van der Waals surface area contributed by atoms with Gasteiger partial charge in [0.25, 0.3) is 5.56 Å². The minimum absolute atomic E-state index is 0.100. The van der Waals surface area contributed by atoms with Crippen LogP contribution in [0.5, 0.6) is 0 Å². The molecule has 1 aromatic rings. The molecule has 0 aliphatic heterocycles. The first-order chi connectivity index (χ1) is 8.13. The van der Waals surface area contributed by atoms with Crippen LogP contribution in [0, 0.1) is 5.92 Å². The number of anilines is 1. The van der Waals surface area contributed by atoms with Crippen molar-refractivity contribution in [2.45, 2.75) is 27.3 Å². The Balaban J connectivity index is 2.46. The lowest BCUT2D eigenvalue weighted by Gasteiger charge is -2.08. The molecule has 17 heavy (non-hydrogen) atoms. The van der Waals surface area contributed by atoms with Crippen molar-refractivity contribution < 1.29 is 4.74 Å². The summed E-state index contributed by atoms with van der Waals surface area (Å²) in [6.07, 6.45) is 1.66. The van der Waals surface area contributed by atoms with E-state index in [0.29, 0.717) is 25.7 Å². The fourth-order valence-electron chi connectivity index (χ4n) is 1.37. The van der Waals surface area contributed by atoms with Crippen LogP contribution in [0.3, 0.4) is 0 Å². The zero-order valence-electron chi connectivity index (χ0n) is 10.8. The van der Waals surface area contributed by atoms with E-state index < -0.39 is 0 Å². The summed E-state index contributed by atoms with van der Waals surface area (Å²) in [5, 5.41) is 7.13. The molecule has 0 aliphatic rings. The van der Waals surface area contributed by atoms with E-state index in [0.717, 1.165) is 12.2 Å². The Labute approximate surface area is 102 Å². The van der Waals surface area contributed by atoms with E-state index in [1.807, 2.05) is 6.92 Å². The highest BCUT2D eigenvalue weighted by Crippen LogP contribution is 1.98. The molecule has 0 saturated heterocycles. The summed E-state index contributed by atoms with van der Waals surface area (Å²) in [6, 6.07) is 1.55. The van der Waals surface area contributed by atoms with Gasteiger partial charge in [-0.05, 0) is 12.8 Å². The highest BCUT2D eigenvalue weighted by atomic mass is 16.5. The molecule has 1 aromatic heterocycles. The van der Waals surface area contributed by atoms with Crippen molar-refractivity contribution in [2.24, 2.45) is 5.92 Å². The van der Waals surface area contributed by atoms with Gasteiger partial charge in [-0.15, -0.1) is 0 Å². The van der Waals surface area contributed by atoms with Crippen molar-refractivity contribution in [1.82, 2.24) is 9.78 Å². The number of nitrogens with zero attached hydrogens (tertiary/aromatic N) is 2. The third-order valence-corrected chi connectivity index (χ3v) is 2.15. The third-order valence-electron chi connectivity index (χ3n) is 2.15. The number of rotatable bonds is 7. The van der Waals surface area contributed by atoms with Crippen molar-refractivity contribution in [2.75, 3.05) is 25.1 Å². The largest absolute Gasteiger partial charge is 0.384 e. The molecule has 1 N–H and O–H groups in total. The maximum Gasteiger partial charge on any atom is 0.268 e. The van der Waals surface area contributed by atoms with Crippen LogP contribution in [0.2, 0.25) is 0 Å². The minimum Gasteiger partial charge on any atom is -0.384 e. The fourth-order valence-corrected chi connectivity index (χ4v) is 1.37. The van der Waals surface area contributed by atoms with Crippen LogP contribution in [0.1, 0.15) is 20.8 Å². The molecule has 1 rings (SSSR count). The maximum atomic E-state index is 11.6. The van der Waals surface area contributed by atoms with Gasteiger partial charge in [-0.25, -0.2) is 4.68 Å². The van der Waals surface area contributed by atoms with E-state index in [1.54, 1.807) is 12.3 Å². The number of nitrogens with one attached hydrogen (secondary N) is 1. The van der Waals surface area contributed by atoms with Crippen molar-refractivity contribution in [3.8, 4) is 0 Å². The lowest BCUT2D eigenvalue weighted by Crippen LogP contribution is -2.25. The van der Waals surface area contributed by atoms with Crippen LogP contribution >= 0.6 is 0 Å². The van der Waals surface area contributed by atoms with Gasteiger partial charge in [0.1, 0.15) is 0 Å². The fraction of sp³-hybridized carbons (Fsp3) is 0.667. The Morgan fingerprint density at radius 2 is 2.29 bits per heavy atom. The van der Waals surface area contributed by atoms with Crippen LogP contribution in [-0.2, 0) is 11.3 Å². The Bertz CT molecular complexity index is 388. The predicted molar refractivity (Wildman–Crippen MR) is 68.3 cm³/mol. The second-order valence-corrected chi connectivity index (χ2v) is 4.30. The summed E-state index contributed by atoms with van der Waals surface area (Å²) >= 11 is 0. The maximum absolute atomic E-state index is 11.6. The molecule has 0 spiro atoms. The third kappa shape index (κ3) is 4.99. The van der Waals surface area contributed by atoms with Crippen molar-refractivity contribution in [3.63, 3.8) is 0 Å². The topological polar surface area (TPSA) is 56.1 Å². The number of ether oxygens (including phenoxy) is 1. The van der Waals surface area contributed by atoms with Gasteiger partial charge in [-0.2, -0.15) is 5.10 Å². The lowest BCUT2D eigenvalue weighted by atomic mass is 10.2. The van der Waals surface area contributed by atoms with Gasteiger partial charge in [0.05, 0.1) is 25.0 Å². The van der Waals surface area contributed by atoms with Gasteiger partial charge in [-0.3, -0.25) is 4.79 Å². The Morgan fingerprint density at radius 1 is 1.53 bits per heavy atom. The van der Waals surface area contributed by atoms with E-state index in [2.05, 4.69) is 24.3 Å². The molecule has 0 saturated carbocycles. The van der Waals surface area contributed by atoms with E-state index in [4.69, 9.17) is 4.74 Å². The molecule has 0 bridgehead atoms. The lowest BCUT2D eigenvalue weighted by molar-refractivity contribution is 0.100. The first kappa shape index (κ1) is 13.7. The van der Waals surface area contributed by atoms with E-state index in [9.17, 15) is 4.79 Å². The molecule has 0 aliphatic carbocycles. The van der Waals surface area contributed by atoms with E-state index in [-0.39, 0.29) is 5.56 Å². The Kier molecular flexibility index (Phi) is 5.69. The highest BCUT2D eigenvalue weighted by molar-refractivity contribution is 5.38. The van der Waals surface area contributed by atoms with Gasteiger partial charge in [0, 0.05) is 19.2 Å². The second kappa shape index (κ2) is 7.06. The van der Waals surface area contributed by atoms with E-state index in [1.165, 1.54) is 4.68 Å². The summed E-state index contributed by atoms with van der Waals surface area (Å²) in [6.45, 7) is 8.67. The SMILES string of the molecule is CCNc1cnn(CCOCC(C)C)c(=O)c1. The normalized spacial score (nSPS) is 10.8. The van der Waals surface area contributed by atoms with Crippen LogP contribution in [0.25, 0.3) is 0 Å². The smallest absolute Gasteiger partial charge is 0.268 e. The molecule has 0 radical (unpaired) electrons. The molecule has 5 heteroatoms. The summed E-state index contributed by atoms with van der Waals surface area (Å²) in [4.78, 5) is 11.6. The van der Waals surface area contributed by atoms with Crippen LogP contribution in [0.4, 0.5) is 5.69 Å². The van der Waals surface area contributed by atoms with Crippen molar-refractivity contribution in [1.29, 1.82) is 0 Å². The summed E-state index contributed by atoms with van der Waals surface area (Å²) < 4.78 is 6.83. The second-order valence-electron chi connectivity index (χ2n) is 4.30. The molecule has 0 atom stereocenters. The quantitative estimate of drug-likeness (QED) is 0.730. The van der Waals surface area contributed by atoms with Crippen molar-refractivity contribution in [3.05, 3.63) is 22.6 Å². The van der Waals surface area contributed by atoms with Gasteiger partial charge < -0.3 is 10.1 Å². The van der Waals surface area contributed by atoms with E-state index >= 15 is 0 Å². The number of hydrogen-bond acceptors (Lipinski definition) is 4. The molecule has 5 nitrogen and oxygen atoms in total. The Morgan fingerprint density at radius 3 is 2.88 bits per heavy atom. The minimum atomic E-state index is -0.100. The average Bonchev–Trinajstić information content (AvgIpc) is 2.27. The standard InChI is InChI=1S/C12H21N3O2/c1-4-13-11-7-12(16)15(14-8-11)5-6-17-9-10(2)3/h7-8,10,13H,4-6,9H2,1-3H3. The van der Waals surface area contributed by atoms with Gasteiger partial charge >= 0.3 is 0 Å². The number of aromatic nitrogens is 2. The predicted octanol–water partition coefficient (Wildman–Crippen LogP) is 1.35. The van der Waals surface area contributed by atoms with Crippen LogP contribution in [-0.4, -0.2) is 29.5 Å². The van der Waals surface area contributed by atoms with Crippen LogP contribution < -0.4 is 10.9 Å².